The van der Waals surface area contributed by atoms with Gasteiger partial charge in [-0.25, -0.2) is 4.57 Å². The molecule has 0 N–H and O–H groups in total. The molecule has 0 bridgehead atoms. The fraction of sp³-hybridized carbons (Fsp3) is 0.250. The van der Waals surface area contributed by atoms with Crippen molar-refractivity contribution in [3.8, 4) is 0 Å². The van der Waals surface area contributed by atoms with E-state index in [0.29, 0.717) is 0 Å². The number of aromatic nitrogens is 1. The molecule has 1 aromatic heterocycles. The molecule has 1 heterocycles. The van der Waals surface area contributed by atoms with Gasteiger partial charge in [-0.3, -0.25) is 4.79 Å². The van der Waals surface area contributed by atoms with Gasteiger partial charge in [-0.1, -0.05) is 0 Å². The van der Waals surface area contributed by atoms with Crippen molar-refractivity contribution in [2.75, 3.05) is 0 Å². The molecule has 1 aromatic rings. The molecule has 0 atom stereocenters. The highest BCUT2D eigenvalue weighted by Gasteiger charge is 1.96. The summed E-state index contributed by atoms with van der Waals surface area (Å²) in [5.74, 6) is 0. The number of hydrogen-bond acceptors (Lipinski definition) is 1. The third-order valence-electron chi connectivity index (χ3n) is 1.38. The Hall–Kier alpha value is -1.18. The largest absolute Gasteiger partial charge is 0.298 e. The molecule has 0 aliphatic heterocycles. The summed E-state index contributed by atoms with van der Waals surface area (Å²) in [6.45, 7) is 2.94. The van der Waals surface area contributed by atoms with Crippen LogP contribution in [0.4, 0.5) is 0 Å². The van der Waals surface area contributed by atoms with Crippen LogP contribution in [0.3, 0.4) is 0 Å². The first-order valence-electron chi connectivity index (χ1n) is 3.31. The van der Waals surface area contributed by atoms with Crippen molar-refractivity contribution in [3.63, 3.8) is 0 Å². The zero-order valence-corrected chi connectivity index (χ0v) is 5.95. The number of carbonyl (C=O) groups excluding carboxylic acids is 1. The lowest BCUT2D eigenvalue weighted by Crippen LogP contribution is -2.31. The smallest absolute Gasteiger partial charge is 0.179 e. The molecule has 0 saturated heterocycles. The van der Waals surface area contributed by atoms with Gasteiger partial charge < -0.3 is 0 Å². The van der Waals surface area contributed by atoms with Crippen LogP contribution in [0.25, 0.3) is 0 Å². The number of rotatable bonds is 2. The first kappa shape index (κ1) is 6.93. The summed E-state index contributed by atoms with van der Waals surface area (Å²) in [6, 6.07) is 3.66. The van der Waals surface area contributed by atoms with E-state index in [1.165, 1.54) is 0 Å². The Balaban J connectivity index is 2.98. The van der Waals surface area contributed by atoms with Crippen molar-refractivity contribution in [2.45, 2.75) is 13.5 Å². The number of aryl methyl sites for hydroxylation is 1. The molecule has 0 spiro atoms. The van der Waals surface area contributed by atoms with E-state index < -0.39 is 0 Å². The fourth-order valence-corrected chi connectivity index (χ4v) is 0.809. The molecule has 0 unspecified atom stereocenters. The second-order valence-corrected chi connectivity index (χ2v) is 2.09. The van der Waals surface area contributed by atoms with Crippen LogP contribution in [0.5, 0.6) is 0 Å². The lowest BCUT2D eigenvalue weighted by molar-refractivity contribution is -0.693. The minimum absolute atomic E-state index is 0.726. The average molecular weight is 136 g/mol. The molecule has 0 aromatic carbocycles. The summed E-state index contributed by atoms with van der Waals surface area (Å²) in [6.07, 6.45) is 4.62. The molecule has 10 heavy (non-hydrogen) atoms. The minimum atomic E-state index is 0.726. The van der Waals surface area contributed by atoms with E-state index in [2.05, 4.69) is 0 Å². The van der Waals surface area contributed by atoms with Gasteiger partial charge in [0.05, 0.1) is 5.56 Å². The van der Waals surface area contributed by atoms with E-state index in [4.69, 9.17) is 0 Å². The van der Waals surface area contributed by atoms with Crippen molar-refractivity contribution < 1.29 is 9.36 Å². The van der Waals surface area contributed by atoms with Crippen LogP contribution in [0, 0.1) is 0 Å². The predicted molar refractivity (Wildman–Crippen MR) is 37.7 cm³/mol. The third-order valence-corrected chi connectivity index (χ3v) is 1.38. The molecule has 0 saturated carbocycles. The number of aldehydes is 1. The SMILES string of the molecule is CC[n+]1cccc(C=O)c1. The van der Waals surface area contributed by atoms with Crippen molar-refractivity contribution in [1.29, 1.82) is 0 Å². The minimum Gasteiger partial charge on any atom is -0.298 e. The van der Waals surface area contributed by atoms with Gasteiger partial charge in [-0.15, -0.1) is 0 Å². The number of pyridine rings is 1. The van der Waals surface area contributed by atoms with E-state index in [1.807, 2.05) is 30.0 Å². The maximum absolute atomic E-state index is 10.3. The van der Waals surface area contributed by atoms with Gasteiger partial charge in [0, 0.05) is 6.07 Å². The highest BCUT2D eigenvalue weighted by Crippen LogP contribution is 1.87. The van der Waals surface area contributed by atoms with Crippen molar-refractivity contribution in [3.05, 3.63) is 30.1 Å². The van der Waals surface area contributed by atoms with Gasteiger partial charge >= 0.3 is 0 Å². The van der Waals surface area contributed by atoms with Crippen LogP contribution in [0.15, 0.2) is 24.5 Å². The van der Waals surface area contributed by atoms with E-state index in [0.717, 1.165) is 18.4 Å². The average Bonchev–Trinajstić information content (AvgIpc) is 2.05. The van der Waals surface area contributed by atoms with Crippen molar-refractivity contribution >= 4 is 6.29 Å². The second kappa shape index (κ2) is 3.11. The molecule has 0 aliphatic carbocycles. The second-order valence-electron chi connectivity index (χ2n) is 2.09. The molecule has 2 nitrogen and oxygen atoms in total. The van der Waals surface area contributed by atoms with Crippen LogP contribution in [-0.2, 0) is 6.54 Å². The molecular formula is C8H10NO+. The van der Waals surface area contributed by atoms with Gasteiger partial charge in [-0.05, 0) is 13.0 Å². The van der Waals surface area contributed by atoms with E-state index in [9.17, 15) is 4.79 Å². The van der Waals surface area contributed by atoms with Gasteiger partial charge in [-0.2, -0.15) is 0 Å². The fourth-order valence-electron chi connectivity index (χ4n) is 0.809. The van der Waals surface area contributed by atoms with Crippen LogP contribution in [-0.4, -0.2) is 6.29 Å². The number of carbonyl (C=O) groups is 1. The third kappa shape index (κ3) is 1.41. The molecular weight excluding hydrogens is 126 g/mol. The van der Waals surface area contributed by atoms with E-state index >= 15 is 0 Å². The van der Waals surface area contributed by atoms with E-state index in [1.54, 1.807) is 6.07 Å². The first-order valence-corrected chi connectivity index (χ1v) is 3.31. The molecule has 0 fully saturated rings. The van der Waals surface area contributed by atoms with Crippen molar-refractivity contribution in [1.82, 2.24) is 0 Å². The Morgan fingerprint density at radius 3 is 3.10 bits per heavy atom. The maximum Gasteiger partial charge on any atom is 0.179 e. The molecule has 0 aliphatic rings. The normalized spacial score (nSPS) is 9.30. The summed E-state index contributed by atoms with van der Waals surface area (Å²) < 4.78 is 1.96. The van der Waals surface area contributed by atoms with Crippen LogP contribution in [0.1, 0.15) is 17.3 Å². The number of nitrogens with zero attached hydrogens (tertiary/aromatic N) is 1. The summed E-state index contributed by atoms with van der Waals surface area (Å²) in [7, 11) is 0. The van der Waals surface area contributed by atoms with Gasteiger partial charge in [0.15, 0.2) is 18.7 Å². The monoisotopic (exact) mass is 136 g/mol. The quantitative estimate of drug-likeness (QED) is 0.435. The van der Waals surface area contributed by atoms with Crippen LogP contribution in [0.2, 0.25) is 0 Å². The topological polar surface area (TPSA) is 20.9 Å². The zero-order valence-electron chi connectivity index (χ0n) is 5.95. The lowest BCUT2D eigenvalue weighted by Gasteiger charge is -1.89. The summed E-state index contributed by atoms with van der Waals surface area (Å²) in [4.78, 5) is 10.3. The van der Waals surface area contributed by atoms with Crippen molar-refractivity contribution in [2.24, 2.45) is 0 Å². The Labute approximate surface area is 60.1 Å². The Morgan fingerprint density at radius 2 is 2.50 bits per heavy atom. The van der Waals surface area contributed by atoms with Gasteiger partial charge in [0.25, 0.3) is 0 Å². The Bertz CT molecular complexity index is 232. The standard InChI is InChI=1S/C8H10NO/c1-2-9-5-3-4-8(6-9)7-10/h3-7H,2H2,1H3/q+1. The summed E-state index contributed by atoms with van der Waals surface area (Å²) in [5, 5.41) is 0. The molecule has 52 valence electrons. The van der Waals surface area contributed by atoms with Gasteiger partial charge in [0.2, 0.25) is 0 Å². The molecule has 0 radical (unpaired) electrons. The summed E-state index contributed by atoms with van der Waals surface area (Å²) in [5.41, 5.74) is 0.726. The van der Waals surface area contributed by atoms with Crippen LogP contribution < -0.4 is 4.57 Å². The first-order chi connectivity index (χ1) is 4.86. The number of hydrogen-bond donors (Lipinski definition) is 0. The summed E-state index contributed by atoms with van der Waals surface area (Å²) >= 11 is 0. The highest BCUT2D eigenvalue weighted by atomic mass is 16.1. The molecule has 2 heteroatoms. The lowest BCUT2D eigenvalue weighted by atomic mass is 10.3. The Kier molecular flexibility index (Phi) is 2.15. The van der Waals surface area contributed by atoms with Crippen LogP contribution >= 0.6 is 0 Å². The predicted octanol–water partition coefficient (Wildman–Crippen LogP) is 0.807. The molecule has 1 rings (SSSR count). The Morgan fingerprint density at radius 1 is 1.70 bits per heavy atom. The van der Waals surface area contributed by atoms with E-state index in [-0.39, 0.29) is 0 Å². The molecule has 0 amide bonds. The highest BCUT2D eigenvalue weighted by molar-refractivity contribution is 5.73. The zero-order chi connectivity index (χ0) is 7.40. The maximum atomic E-state index is 10.3. The van der Waals surface area contributed by atoms with Gasteiger partial charge in [0.1, 0.15) is 6.54 Å².